The van der Waals surface area contributed by atoms with Crippen molar-refractivity contribution in [1.82, 2.24) is 10.3 Å². The molecule has 1 N–H and O–H groups in total. The number of para-hydroxylation sites is 1. The zero-order chi connectivity index (χ0) is 20.4. The highest BCUT2D eigenvalue weighted by Gasteiger charge is 2.26. The van der Waals surface area contributed by atoms with Gasteiger partial charge in [0.15, 0.2) is 6.10 Å². The highest BCUT2D eigenvalue weighted by Crippen LogP contribution is 2.29. The lowest BCUT2D eigenvalue weighted by Gasteiger charge is -2.27. The molecule has 2 aromatic carbocycles. The van der Waals surface area contributed by atoms with Crippen LogP contribution in [0.2, 0.25) is 5.15 Å². The molecule has 1 aliphatic carbocycles. The molecular weight excluding hydrogens is 388 g/mol. The van der Waals surface area contributed by atoms with Gasteiger partial charge in [0.1, 0.15) is 5.15 Å². The number of amides is 1. The number of benzene rings is 2. The number of carbonyl (C=O) groups excluding carboxylic acids is 2. The number of ether oxygens (including phenoxy) is 1. The van der Waals surface area contributed by atoms with Gasteiger partial charge in [-0.2, -0.15) is 0 Å². The van der Waals surface area contributed by atoms with Gasteiger partial charge < -0.3 is 10.1 Å². The van der Waals surface area contributed by atoms with E-state index in [2.05, 4.69) is 16.4 Å². The van der Waals surface area contributed by atoms with Crippen LogP contribution in [0, 0.1) is 0 Å². The minimum absolute atomic E-state index is 0.0650. The van der Waals surface area contributed by atoms with Gasteiger partial charge >= 0.3 is 5.97 Å². The molecule has 6 heteroatoms. The predicted molar refractivity (Wildman–Crippen MR) is 112 cm³/mol. The van der Waals surface area contributed by atoms with Gasteiger partial charge in [-0.25, -0.2) is 9.78 Å². The lowest BCUT2D eigenvalue weighted by molar-refractivity contribution is -0.130. The van der Waals surface area contributed by atoms with E-state index in [-0.39, 0.29) is 17.1 Å². The van der Waals surface area contributed by atoms with Crippen LogP contribution in [0.3, 0.4) is 0 Å². The average molecular weight is 409 g/mol. The summed E-state index contributed by atoms with van der Waals surface area (Å²) >= 11 is 6.05. The number of pyridine rings is 1. The molecule has 0 bridgehead atoms. The summed E-state index contributed by atoms with van der Waals surface area (Å²) in [6, 6.07) is 16.7. The van der Waals surface area contributed by atoms with Crippen LogP contribution in [0.1, 0.15) is 47.3 Å². The third kappa shape index (κ3) is 4.10. The number of nitrogens with zero attached hydrogens (tertiary/aromatic N) is 1. The molecule has 148 valence electrons. The minimum atomic E-state index is -0.928. The van der Waals surface area contributed by atoms with E-state index in [4.69, 9.17) is 16.3 Å². The topological polar surface area (TPSA) is 68.3 Å². The zero-order valence-electron chi connectivity index (χ0n) is 16.0. The number of hydrogen-bond acceptors (Lipinski definition) is 4. The lowest BCUT2D eigenvalue weighted by Crippen LogP contribution is -2.39. The van der Waals surface area contributed by atoms with Crippen LogP contribution in [0.15, 0.2) is 54.6 Å². The predicted octanol–water partition coefficient (Wildman–Crippen LogP) is 4.63. The fraction of sp³-hybridized carbons (Fsp3) is 0.261. The van der Waals surface area contributed by atoms with Crippen LogP contribution >= 0.6 is 11.6 Å². The van der Waals surface area contributed by atoms with E-state index in [1.54, 1.807) is 19.1 Å². The normalized spacial score (nSPS) is 16.7. The van der Waals surface area contributed by atoms with Crippen LogP contribution in [-0.4, -0.2) is 23.0 Å². The average Bonchev–Trinajstić information content (AvgIpc) is 2.73. The Morgan fingerprint density at radius 2 is 1.93 bits per heavy atom. The molecule has 0 unspecified atom stereocenters. The molecule has 3 aromatic rings. The summed E-state index contributed by atoms with van der Waals surface area (Å²) in [5, 5.41) is 3.86. The van der Waals surface area contributed by atoms with Crippen molar-refractivity contribution in [3.8, 4) is 0 Å². The number of aryl methyl sites for hydroxylation is 1. The number of aromatic nitrogens is 1. The minimum Gasteiger partial charge on any atom is -0.449 e. The first-order chi connectivity index (χ1) is 14.0. The van der Waals surface area contributed by atoms with Crippen molar-refractivity contribution < 1.29 is 14.3 Å². The standard InChI is InChI=1S/C23H21ClN2O3/c1-14(22(27)26-19-12-6-8-15-7-2-3-9-16(15)19)29-23(28)18-13-21(24)25-20-11-5-4-10-17(18)20/h2-5,7,9-11,13-14,19H,6,8,12H2,1H3,(H,26,27)/t14-,19+/m1/s1. The fourth-order valence-corrected chi connectivity index (χ4v) is 3.98. The van der Waals surface area contributed by atoms with Gasteiger partial charge in [0.2, 0.25) is 0 Å². The summed E-state index contributed by atoms with van der Waals surface area (Å²) in [4.78, 5) is 29.6. The Hall–Kier alpha value is -2.92. The molecule has 4 rings (SSSR count). The molecule has 0 fully saturated rings. The van der Waals surface area contributed by atoms with E-state index in [0.717, 1.165) is 24.8 Å². The molecule has 1 heterocycles. The Morgan fingerprint density at radius 3 is 2.79 bits per heavy atom. The SMILES string of the molecule is C[C@@H](OC(=O)c1cc(Cl)nc2ccccc12)C(=O)N[C@H]1CCCc2ccccc21. The first-order valence-corrected chi connectivity index (χ1v) is 10.0. The summed E-state index contributed by atoms with van der Waals surface area (Å²) < 4.78 is 5.45. The number of fused-ring (bicyclic) bond motifs is 2. The number of hydrogen-bond donors (Lipinski definition) is 1. The van der Waals surface area contributed by atoms with Crippen LogP contribution < -0.4 is 5.32 Å². The number of nitrogens with one attached hydrogen (secondary N) is 1. The number of halogens is 1. The largest absolute Gasteiger partial charge is 0.449 e. The molecule has 1 aromatic heterocycles. The maximum atomic E-state index is 12.7. The van der Waals surface area contributed by atoms with Gasteiger partial charge in [0.05, 0.1) is 17.1 Å². The second-order valence-corrected chi connectivity index (χ2v) is 7.60. The van der Waals surface area contributed by atoms with E-state index in [0.29, 0.717) is 16.5 Å². The molecule has 29 heavy (non-hydrogen) atoms. The van der Waals surface area contributed by atoms with Crippen molar-refractivity contribution in [2.24, 2.45) is 0 Å². The summed E-state index contributed by atoms with van der Waals surface area (Å²) in [6.07, 6.45) is 1.97. The second-order valence-electron chi connectivity index (χ2n) is 7.21. The molecule has 2 atom stereocenters. The van der Waals surface area contributed by atoms with E-state index in [1.807, 2.05) is 30.3 Å². The monoisotopic (exact) mass is 408 g/mol. The Kier molecular flexibility index (Phi) is 5.49. The highest BCUT2D eigenvalue weighted by atomic mass is 35.5. The fourth-order valence-electron chi connectivity index (χ4n) is 3.78. The van der Waals surface area contributed by atoms with E-state index in [1.165, 1.54) is 11.6 Å². The van der Waals surface area contributed by atoms with Crippen molar-refractivity contribution in [2.75, 3.05) is 0 Å². The molecule has 1 amide bonds. The number of carbonyl (C=O) groups is 2. The summed E-state index contributed by atoms with van der Waals surface area (Å²) in [5.41, 5.74) is 3.29. The van der Waals surface area contributed by atoms with Crippen molar-refractivity contribution >= 4 is 34.4 Å². The zero-order valence-corrected chi connectivity index (χ0v) is 16.8. The first-order valence-electron chi connectivity index (χ1n) is 9.67. The van der Waals surface area contributed by atoms with Crippen molar-refractivity contribution in [3.63, 3.8) is 0 Å². The Labute approximate surface area is 174 Å². The molecule has 0 saturated heterocycles. The Balaban J connectivity index is 1.48. The molecule has 0 spiro atoms. The van der Waals surface area contributed by atoms with Gasteiger partial charge in [-0.05, 0) is 49.4 Å². The molecule has 0 radical (unpaired) electrons. The van der Waals surface area contributed by atoms with E-state index >= 15 is 0 Å². The Bertz CT molecular complexity index is 1080. The van der Waals surface area contributed by atoms with Crippen LogP contribution in [0.4, 0.5) is 0 Å². The summed E-state index contributed by atoms with van der Waals surface area (Å²) in [7, 11) is 0. The van der Waals surface area contributed by atoms with Gasteiger partial charge in [0, 0.05) is 5.39 Å². The third-order valence-electron chi connectivity index (χ3n) is 5.24. The molecule has 1 aliphatic rings. The molecule has 0 aliphatic heterocycles. The van der Waals surface area contributed by atoms with Crippen molar-refractivity contribution in [2.45, 2.75) is 38.3 Å². The first kappa shape index (κ1) is 19.4. The van der Waals surface area contributed by atoms with Gasteiger partial charge in [-0.1, -0.05) is 54.1 Å². The molecular formula is C23H21ClN2O3. The summed E-state index contributed by atoms with van der Waals surface area (Å²) in [5.74, 6) is -0.915. The summed E-state index contributed by atoms with van der Waals surface area (Å²) in [6.45, 7) is 1.58. The molecule has 5 nitrogen and oxygen atoms in total. The quantitative estimate of drug-likeness (QED) is 0.505. The number of esters is 1. The lowest BCUT2D eigenvalue weighted by atomic mass is 9.87. The van der Waals surface area contributed by atoms with Gasteiger partial charge in [-0.15, -0.1) is 0 Å². The van der Waals surface area contributed by atoms with Crippen LogP contribution in [-0.2, 0) is 16.0 Å². The maximum Gasteiger partial charge on any atom is 0.339 e. The smallest absolute Gasteiger partial charge is 0.339 e. The van der Waals surface area contributed by atoms with Crippen LogP contribution in [0.5, 0.6) is 0 Å². The third-order valence-corrected chi connectivity index (χ3v) is 5.44. The second kappa shape index (κ2) is 8.21. The van der Waals surface area contributed by atoms with Crippen LogP contribution in [0.25, 0.3) is 10.9 Å². The maximum absolute atomic E-state index is 12.7. The van der Waals surface area contributed by atoms with Crippen molar-refractivity contribution in [3.05, 3.63) is 76.4 Å². The van der Waals surface area contributed by atoms with Gasteiger partial charge in [-0.3, -0.25) is 4.79 Å². The number of rotatable bonds is 4. The van der Waals surface area contributed by atoms with Gasteiger partial charge in [0.25, 0.3) is 5.91 Å². The van der Waals surface area contributed by atoms with E-state index in [9.17, 15) is 9.59 Å². The highest BCUT2D eigenvalue weighted by molar-refractivity contribution is 6.30. The van der Waals surface area contributed by atoms with Crippen molar-refractivity contribution in [1.29, 1.82) is 0 Å². The van der Waals surface area contributed by atoms with E-state index < -0.39 is 12.1 Å². The molecule has 0 saturated carbocycles. The Morgan fingerprint density at radius 1 is 1.17 bits per heavy atom.